The summed E-state index contributed by atoms with van der Waals surface area (Å²) >= 11 is 0. The highest BCUT2D eigenvalue weighted by Gasteiger charge is 2.73. The largest absolute Gasteiger partial charge is 0.505 e. The lowest BCUT2D eigenvalue weighted by Crippen LogP contribution is -2.61. The minimum absolute atomic E-state index is 0.0627. The van der Waals surface area contributed by atoms with Crippen molar-refractivity contribution in [2.45, 2.75) is 58.5 Å². The number of aliphatic hydroxyl groups is 2. The first-order valence-corrected chi connectivity index (χ1v) is 9.37. The second-order valence-electron chi connectivity index (χ2n) is 9.48. The molecule has 5 heteroatoms. The van der Waals surface area contributed by atoms with Crippen LogP contribution in [-0.2, 0) is 14.3 Å². The molecule has 5 nitrogen and oxygen atoms in total. The lowest BCUT2D eigenvalue weighted by Gasteiger charge is -2.61. The normalized spacial score (nSPS) is 51.5. The Morgan fingerprint density at radius 1 is 1.28 bits per heavy atom. The number of epoxide rings is 1. The third-order valence-corrected chi connectivity index (χ3v) is 8.35. The zero-order valence-electron chi connectivity index (χ0n) is 15.3. The summed E-state index contributed by atoms with van der Waals surface area (Å²) in [6, 6.07) is 0. The molecular weight excluding hydrogens is 320 g/mol. The molecule has 4 rings (SSSR count). The van der Waals surface area contributed by atoms with Gasteiger partial charge in [-0.05, 0) is 55.4 Å². The van der Waals surface area contributed by atoms with Crippen LogP contribution in [0.5, 0.6) is 0 Å². The summed E-state index contributed by atoms with van der Waals surface area (Å²) in [5.74, 6) is -0.0753. The summed E-state index contributed by atoms with van der Waals surface area (Å²) in [7, 11) is 0. The van der Waals surface area contributed by atoms with Crippen LogP contribution in [0.1, 0.15) is 52.9 Å². The van der Waals surface area contributed by atoms with Gasteiger partial charge in [0.05, 0.1) is 6.61 Å². The molecule has 0 aromatic heterocycles. The summed E-state index contributed by atoms with van der Waals surface area (Å²) in [6.07, 6.45) is 5.95. The number of carbonyl (C=O) groups excluding carboxylic acids is 2. The average Bonchev–Trinajstić information content (AvgIpc) is 3.39. The van der Waals surface area contributed by atoms with E-state index in [1.807, 2.05) is 6.92 Å². The van der Waals surface area contributed by atoms with Gasteiger partial charge in [0.15, 0.2) is 17.1 Å². The van der Waals surface area contributed by atoms with E-state index in [1.54, 1.807) is 6.08 Å². The van der Waals surface area contributed by atoms with E-state index in [1.165, 1.54) is 0 Å². The van der Waals surface area contributed by atoms with E-state index < -0.39 is 17.6 Å². The molecule has 3 fully saturated rings. The Kier molecular flexibility index (Phi) is 3.41. The Balaban J connectivity index is 1.72. The van der Waals surface area contributed by atoms with Crippen molar-refractivity contribution in [1.82, 2.24) is 0 Å². The maximum absolute atomic E-state index is 12.5. The first-order chi connectivity index (χ1) is 11.6. The van der Waals surface area contributed by atoms with Crippen LogP contribution >= 0.6 is 0 Å². The fourth-order valence-corrected chi connectivity index (χ4v) is 6.33. The van der Waals surface area contributed by atoms with Crippen molar-refractivity contribution in [3.05, 3.63) is 11.8 Å². The van der Waals surface area contributed by atoms with Gasteiger partial charge in [-0.2, -0.15) is 0 Å². The molecule has 25 heavy (non-hydrogen) atoms. The van der Waals surface area contributed by atoms with Crippen molar-refractivity contribution < 1.29 is 24.5 Å². The van der Waals surface area contributed by atoms with Crippen LogP contribution in [0.4, 0.5) is 0 Å². The van der Waals surface area contributed by atoms with E-state index >= 15 is 0 Å². The van der Waals surface area contributed by atoms with Gasteiger partial charge in [0, 0.05) is 10.8 Å². The number of ether oxygens (including phenoxy) is 1. The predicted octanol–water partition coefficient (Wildman–Crippen LogP) is 2.57. The molecule has 2 N–H and O–H groups in total. The number of rotatable bonds is 2. The van der Waals surface area contributed by atoms with E-state index in [4.69, 9.17) is 4.74 Å². The highest BCUT2D eigenvalue weighted by atomic mass is 16.6. The predicted molar refractivity (Wildman–Crippen MR) is 90.9 cm³/mol. The molecule has 0 radical (unpaired) electrons. The lowest BCUT2D eigenvalue weighted by molar-refractivity contribution is -0.155. The van der Waals surface area contributed by atoms with Gasteiger partial charge < -0.3 is 14.9 Å². The molecule has 1 spiro atoms. The first kappa shape index (κ1) is 17.2. The smallest absolute Gasteiger partial charge is 0.231 e. The van der Waals surface area contributed by atoms with E-state index in [-0.39, 0.29) is 34.1 Å². The molecule has 138 valence electrons. The van der Waals surface area contributed by atoms with Crippen LogP contribution in [0, 0.1) is 28.1 Å². The number of fused-ring (bicyclic) bond motifs is 4. The number of hydrogen-bond acceptors (Lipinski definition) is 5. The van der Waals surface area contributed by atoms with Crippen molar-refractivity contribution in [3.63, 3.8) is 0 Å². The van der Waals surface area contributed by atoms with E-state index in [9.17, 15) is 19.8 Å². The van der Waals surface area contributed by atoms with Crippen molar-refractivity contribution in [2.24, 2.45) is 28.1 Å². The van der Waals surface area contributed by atoms with Gasteiger partial charge in [-0.3, -0.25) is 9.59 Å². The molecular formula is C20H28O5. The second-order valence-corrected chi connectivity index (χ2v) is 9.48. The number of ketones is 2. The van der Waals surface area contributed by atoms with Crippen LogP contribution < -0.4 is 0 Å². The fraction of sp³-hybridized carbons (Fsp3) is 0.800. The third-order valence-electron chi connectivity index (χ3n) is 8.35. The highest BCUT2D eigenvalue weighted by molar-refractivity contribution is 6.03. The van der Waals surface area contributed by atoms with Gasteiger partial charge >= 0.3 is 0 Å². The first-order valence-electron chi connectivity index (χ1n) is 9.37. The average molecular weight is 348 g/mol. The number of aliphatic hydroxyl groups excluding tert-OH is 2. The molecule has 0 bridgehead atoms. The molecule has 0 aromatic carbocycles. The van der Waals surface area contributed by atoms with Crippen molar-refractivity contribution in [2.75, 3.05) is 13.2 Å². The molecule has 2 saturated carbocycles. The Bertz CT molecular complexity index is 678. The van der Waals surface area contributed by atoms with Crippen LogP contribution in [-0.4, -0.2) is 40.6 Å². The highest BCUT2D eigenvalue weighted by Crippen LogP contribution is 2.69. The summed E-state index contributed by atoms with van der Waals surface area (Å²) in [4.78, 5) is 24.8. The number of hydrogen-bond donors (Lipinski definition) is 2. The van der Waals surface area contributed by atoms with Crippen molar-refractivity contribution in [1.29, 1.82) is 0 Å². The van der Waals surface area contributed by atoms with Gasteiger partial charge in [0.2, 0.25) is 5.78 Å². The molecule has 4 aliphatic rings. The zero-order valence-corrected chi connectivity index (χ0v) is 15.3. The SMILES string of the molecule is C[C@]1(C(=O)CO)CC[C@@]2(C)[C@@H](CC[C@@]3(C)[C@@H]2C=C(O)C(=O)[C@]32CO2)C1. The molecule has 0 unspecified atom stereocenters. The molecule has 1 saturated heterocycles. The number of allylic oxidation sites excluding steroid dienone is 1. The summed E-state index contributed by atoms with van der Waals surface area (Å²) in [5.41, 5.74) is -1.67. The quantitative estimate of drug-likeness (QED) is 0.749. The maximum Gasteiger partial charge on any atom is 0.231 e. The Morgan fingerprint density at radius 2 is 1.96 bits per heavy atom. The third kappa shape index (κ3) is 1.97. The Hall–Kier alpha value is -1.20. The van der Waals surface area contributed by atoms with Crippen LogP contribution in [0.15, 0.2) is 11.8 Å². The van der Waals surface area contributed by atoms with Crippen molar-refractivity contribution in [3.8, 4) is 0 Å². The van der Waals surface area contributed by atoms with Crippen LogP contribution in [0.3, 0.4) is 0 Å². The van der Waals surface area contributed by atoms with Crippen molar-refractivity contribution >= 4 is 11.6 Å². The topological polar surface area (TPSA) is 87.1 Å². The van der Waals surface area contributed by atoms with E-state index in [0.717, 1.165) is 32.1 Å². The minimum Gasteiger partial charge on any atom is -0.505 e. The van der Waals surface area contributed by atoms with E-state index in [2.05, 4.69) is 13.8 Å². The van der Waals surface area contributed by atoms with Gasteiger partial charge in [-0.1, -0.05) is 20.8 Å². The van der Waals surface area contributed by atoms with Crippen LogP contribution in [0.25, 0.3) is 0 Å². The zero-order chi connectivity index (χ0) is 18.3. The molecule has 1 aliphatic heterocycles. The Morgan fingerprint density at radius 3 is 2.56 bits per heavy atom. The van der Waals surface area contributed by atoms with Gasteiger partial charge in [0.1, 0.15) is 6.61 Å². The fourth-order valence-electron chi connectivity index (χ4n) is 6.33. The Labute approximate surface area is 148 Å². The second kappa shape index (κ2) is 4.95. The van der Waals surface area contributed by atoms with Gasteiger partial charge in [0.25, 0.3) is 0 Å². The molecule has 3 aliphatic carbocycles. The summed E-state index contributed by atoms with van der Waals surface area (Å²) in [5, 5.41) is 19.6. The number of Topliss-reactive ketones (excluding diaryl/α,β-unsaturated/α-hetero) is 2. The monoisotopic (exact) mass is 348 g/mol. The molecule has 0 aromatic rings. The van der Waals surface area contributed by atoms with Gasteiger partial charge in [-0.25, -0.2) is 0 Å². The van der Waals surface area contributed by atoms with E-state index in [0.29, 0.717) is 12.5 Å². The summed E-state index contributed by atoms with van der Waals surface area (Å²) in [6.45, 7) is 6.37. The molecule has 6 atom stereocenters. The lowest BCUT2D eigenvalue weighted by atomic mass is 9.42. The molecule has 1 heterocycles. The minimum atomic E-state index is -0.841. The number of carbonyl (C=O) groups is 2. The molecule has 0 amide bonds. The van der Waals surface area contributed by atoms with Gasteiger partial charge in [-0.15, -0.1) is 0 Å². The maximum atomic E-state index is 12.5. The summed E-state index contributed by atoms with van der Waals surface area (Å²) < 4.78 is 5.68. The van der Waals surface area contributed by atoms with Crippen LogP contribution in [0.2, 0.25) is 0 Å². The standard InChI is InChI=1S/C20H28O5/c1-17(15(23)10-21)6-7-18(2)12(9-17)4-5-19(3)14(18)8-13(22)16(24)20(19)11-25-20/h8,12,14,21-22H,4-7,9-11H2,1-3H3/t12-,14+,17-,18-,19-,20+/m0/s1.